The lowest BCUT2D eigenvalue weighted by Gasteiger charge is -2.15. The summed E-state index contributed by atoms with van der Waals surface area (Å²) in [6.45, 7) is 1.46. The Labute approximate surface area is 201 Å². The molecule has 2 unspecified atom stereocenters. The molecule has 186 valence electrons. The Kier molecular flexibility index (Phi) is 7.05. The van der Waals surface area contributed by atoms with E-state index in [1.807, 2.05) is 55.5 Å². The number of carbonyl (C=O) groups is 3. The summed E-state index contributed by atoms with van der Waals surface area (Å²) >= 11 is 0. The van der Waals surface area contributed by atoms with Crippen LogP contribution in [0.2, 0.25) is 0 Å². The number of alkyl halides is 2. The Morgan fingerprint density at radius 2 is 1.66 bits per heavy atom. The second-order valence-corrected chi connectivity index (χ2v) is 9.01. The van der Waals surface area contributed by atoms with Gasteiger partial charge in [-0.2, -0.15) is 0 Å². The molecule has 1 saturated carbocycles. The van der Waals surface area contributed by atoms with Crippen molar-refractivity contribution in [3.05, 3.63) is 59.7 Å². The van der Waals surface area contributed by atoms with Crippen LogP contribution in [0.1, 0.15) is 43.2 Å². The van der Waals surface area contributed by atoms with E-state index in [0.717, 1.165) is 22.3 Å². The van der Waals surface area contributed by atoms with E-state index < -0.39 is 48.3 Å². The monoisotopic (exact) mass is 486 g/mol. The average molecular weight is 487 g/mol. The molecule has 2 aliphatic carbocycles. The van der Waals surface area contributed by atoms with Gasteiger partial charge in [-0.3, -0.25) is 4.79 Å². The zero-order chi connectivity index (χ0) is 25.2. The van der Waals surface area contributed by atoms with Crippen LogP contribution in [0.4, 0.5) is 13.6 Å². The second kappa shape index (κ2) is 10.0. The molecule has 0 radical (unpaired) electrons. The molecule has 4 rings (SSSR count). The number of halogens is 2. The molecule has 35 heavy (non-hydrogen) atoms. The first-order valence-corrected chi connectivity index (χ1v) is 11.8. The number of ether oxygens (including phenoxy) is 1. The number of aliphatic carboxylic acids is 1. The largest absolute Gasteiger partial charge is 0.480 e. The molecule has 0 saturated heterocycles. The first kappa shape index (κ1) is 24.6. The van der Waals surface area contributed by atoms with Crippen LogP contribution in [0.15, 0.2) is 48.5 Å². The fourth-order valence-corrected chi connectivity index (χ4v) is 4.77. The van der Waals surface area contributed by atoms with E-state index in [2.05, 4.69) is 10.6 Å². The molecule has 0 aliphatic heterocycles. The van der Waals surface area contributed by atoms with E-state index in [4.69, 9.17) is 4.74 Å². The van der Waals surface area contributed by atoms with Gasteiger partial charge >= 0.3 is 12.1 Å². The number of carboxylic acid groups (broad SMARTS) is 1. The van der Waals surface area contributed by atoms with Crippen LogP contribution in [0.3, 0.4) is 0 Å². The van der Waals surface area contributed by atoms with Crippen molar-refractivity contribution >= 4 is 18.0 Å². The Bertz CT molecular complexity index is 1080. The summed E-state index contributed by atoms with van der Waals surface area (Å²) in [5.41, 5.74) is 4.20. The van der Waals surface area contributed by atoms with Crippen LogP contribution in [-0.4, -0.2) is 48.2 Å². The summed E-state index contributed by atoms with van der Waals surface area (Å²) in [5, 5.41) is 13.8. The van der Waals surface area contributed by atoms with Gasteiger partial charge in [-0.05, 0) is 28.7 Å². The molecule has 9 heteroatoms. The smallest absolute Gasteiger partial charge is 0.407 e. The summed E-state index contributed by atoms with van der Waals surface area (Å²) in [4.78, 5) is 35.9. The van der Waals surface area contributed by atoms with Gasteiger partial charge in [0.2, 0.25) is 5.91 Å². The number of carbonyl (C=O) groups excluding carboxylic acids is 2. The van der Waals surface area contributed by atoms with Gasteiger partial charge < -0.3 is 20.5 Å². The third kappa shape index (κ3) is 4.99. The fraction of sp³-hybridized carbons (Fsp3) is 0.423. The number of hydrogen-bond acceptors (Lipinski definition) is 4. The van der Waals surface area contributed by atoms with Gasteiger partial charge in [0.05, 0.1) is 5.92 Å². The highest BCUT2D eigenvalue weighted by molar-refractivity contribution is 5.88. The zero-order valence-corrected chi connectivity index (χ0v) is 19.3. The standard InChI is InChI=1S/C26H28F2N2O5/c1-2-3-12-21(24(32)33)30-23(31)22-20(26(22,27)28)13-29-25(34)35-14-19-17-10-6-4-8-15(17)16-9-5-7-11-18(16)19/h4-11,19-22H,2-3,12-14H2,1H3,(H,29,34)(H,30,31)(H,32,33)/t20?,21-,22?/m0/s1. The SMILES string of the molecule is CCCC[C@H](NC(=O)C1C(CNC(=O)OCC2c3ccccc3-c3ccccc32)C1(F)F)C(=O)O. The number of unbranched alkanes of at least 4 members (excludes halogenated alkanes) is 1. The Hall–Kier alpha value is -3.49. The van der Waals surface area contributed by atoms with Gasteiger partial charge in [-0.25, -0.2) is 18.4 Å². The third-order valence-electron chi connectivity index (χ3n) is 6.76. The van der Waals surface area contributed by atoms with Crippen LogP contribution >= 0.6 is 0 Å². The van der Waals surface area contributed by atoms with Crippen molar-refractivity contribution in [3.63, 3.8) is 0 Å². The molecule has 3 N–H and O–H groups in total. The van der Waals surface area contributed by atoms with Gasteiger partial charge in [-0.15, -0.1) is 0 Å². The molecule has 2 aliphatic rings. The number of nitrogens with one attached hydrogen (secondary N) is 2. The lowest BCUT2D eigenvalue weighted by Crippen LogP contribution is -2.42. The van der Waals surface area contributed by atoms with Crippen molar-refractivity contribution in [2.45, 2.75) is 44.1 Å². The highest BCUT2D eigenvalue weighted by Gasteiger charge is 2.71. The summed E-state index contributed by atoms with van der Waals surface area (Å²) in [5.74, 6) is -8.86. The predicted octanol–water partition coefficient (Wildman–Crippen LogP) is 4.17. The molecule has 2 amide bonds. The van der Waals surface area contributed by atoms with E-state index in [1.165, 1.54) is 0 Å². The molecule has 3 atom stereocenters. The van der Waals surface area contributed by atoms with Crippen LogP contribution in [0.5, 0.6) is 0 Å². The van der Waals surface area contributed by atoms with E-state index in [9.17, 15) is 28.3 Å². The van der Waals surface area contributed by atoms with Gasteiger partial charge in [-0.1, -0.05) is 68.3 Å². The van der Waals surface area contributed by atoms with Gasteiger partial charge in [0.25, 0.3) is 5.92 Å². The Morgan fingerprint density at radius 3 is 2.23 bits per heavy atom. The summed E-state index contributed by atoms with van der Waals surface area (Å²) in [6.07, 6.45) is 0.579. The summed E-state index contributed by atoms with van der Waals surface area (Å²) in [6, 6.07) is 14.4. The summed E-state index contributed by atoms with van der Waals surface area (Å²) < 4.78 is 33.8. The van der Waals surface area contributed by atoms with Gasteiger partial charge in [0.1, 0.15) is 18.6 Å². The number of hydrogen-bond donors (Lipinski definition) is 3. The first-order valence-electron chi connectivity index (χ1n) is 11.8. The molecule has 1 fully saturated rings. The Balaban J connectivity index is 1.30. The van der Waals surface area contributed by atoms with Crippen LogP contribution in [-0.2, 0) is 14.3 Å². The highest BCUT2D eigenvalue weighted by atomic mass is 19.3. The molecule has 2 aromatic rings. The minimum absolute atomic E-state index is 0.0442. The number of carboxylic acids is 1. The first-order chi connectivity index (χ1) is 16.8. The van der Waals surface area contributed by atoms with E-state index in [0.29, 0.717) is 12.8 Å². The second-order valence-electron chi connectivity index (χ2n) is 9.01. The molecule has 0 spiro atoms. The fourth-order valence-electron chi connectivity index (χ4n) is 4.77. The quantitative estimate of drug-likeness (QED) is 0.468. The number of amides is 2. The van der Waals surface area contributed by atoms with E-state index in [-0.39, 0.29) is 18.9 Å². The van der Waals surface area contributed by atoms with Crippen molar-refractivity contribution < 1.29 is 33.0 Å². The lowest BCUT2D eigenvalue weighted by atomic mass is 9.98. The van der Waals surface area contributed by atoms with Crippen molar-refractivity contribution in [1.29, 1.82) is 0 Å². The minimum Gasteiger partial charge on any atom is -0.480 e. The molecule has 0 heterocycles. The number of rotatable bonds is 10. The maximum absolute atomic E-state index is 14.2. The molecule has 7 nitrogen and oxygen atoms in total. The van der Waals surface area contributed by atoms with Gasteiger partial charge in [0, 0.05) is 12.5 Å². The van der Waals surface area contributed by atoms with Crippen molar-refractivity contribution in [1.82, 2.24) is 10.6 Å². The normalized spacial score (nSPS) is 20.3. The average Bonchev–Trinajstić information content (AvgIpc) is 3.25. The zero-order valence-electron chi connectivity index (χ0n) is 19.3. The lowest BCUT2D eigenvalue weighted by molar-refractivity contribution is -0.142. The predicted molar refractivity (Wildman–Crippen MR) is 124 cm³/mol. The maximum Gasteiger partial charge on any atom is 0.407 e. The highest BCUT2D eigenvalue weighted by Crippen LogP contribution is 2.55. The van der Waals surface area contributed by atoms with Crippen LogP contribution in [0.25, 0.3) is 11.1 Å². The number of benzene rings is 2. The van der Waals surface area contributed by atoms with Crippen LogP contribution in [0, 0.1) is 11.8 Å². The number of fused-ring (bicyclic) bond motifs is 3. The Morgan fingerprint density at radius 1 is 1.06 bits per heavy atom. The van der Waals surface area contributed by atoms with Crippen molar-refractivity contribution in [2.75, 3.05) is 13.2 Å². The molecular weight excluding hydrogens is 458 g/mol. The third-order valence-corrected chi connectivity index (χ3v) is 6.76. The molecule has 0 bridgehead atoms. The molecular formula is C26H28F2N2O5. The number of alkyl carbamates (subject to hydrolysis) is 1. The summed E-state index contributed by atoms with van der Waals surface area (Å²) in [7, 11) is 0. The topological polar surface area (TPSA) is 105 Å². The van der Waals surface area contributed by atoms with Crippen molar-refractivity contribution in [3.8, 4) is 11.1 Å². The van der Waals surface area contributed by atoms with E-state index in [1.54, 1.807) is 0 Å². The van der Waals surface area contributed by atoms with Gasteiger partial charge in [0.15, 0.2) is 0 Å². The maximum atomic E-state index is 14.2. The minimum atomic E-state index is -3.32. The molecule has 0 aromatic heterocycles. The molecule has 2 aromatic carbocycles. The van der Waals surface area contributed by atoms with E-state index >= 15 is 0 Å². The van der Waals surface area contributed by atoms with Crippen molar-refractivity contribution in [2.24, 2.45) is 11.8 Å². The van der Waals surface area contributed by atoms with Crippen LogP contribution < -0.4 is 10.6 Å².